The Morgan fingerprint density at radius 2 is 2.18 bits per heavy atom. The molecule has 1 unspecified atom stereocenters. The van der Waals surface area contributed by atoms with Crippen molar-refractivity contribution >= 4 is 28.6 Å². The Bertz CT molecular complexity index is 492. The van der Waals surface area contributed by atoms with Crippen LogP contribution in [-0.2, 0) is 7.05 Å². The molecular weight excluding hydrogens is 234 g/mol. The maximum Gasteiger partial charge on any atom is 0.203 e. The number of anilines is 1. The van der Waals surface area contributed by atoms with E-state index in [1.165, 1.54) is 0 Å². The standard InChI is InChI=1S/C13H18ClN3/c1-3-6-10(14)9-15-13-16-11-7-4-5-8-12(11)17(13)2/h4-5,7-8,10H,3,6,9H2,1-2H3,(H,15,16). The highest BCUT2D eigenvalue weighted by atomic mass is 35.5. The number of rotatable bonds is 5. The monoisotopic (exact) mass is 251 g/mol. The van der Waals surface area contributed by atoms with Gasteiger partial charge in [0.05, 0.1) is 16.4 Å². The van der Waals surface area contributed by atoms with Crippen molar-refractivity contribution in [1.29, 1.82) is 0 Å². The molecule has 0 spiro atoms. The highest BCUT2D eigenvalue weighted by Gasteiger charge is 2.08. The van der Waals surface area contributed by atoms with E-state index in [0.717, 1.165) is 36.4 Å². The summed E-state index contributed by atoms with van der Waals surface area (Å²) in [5, 5.41) is 3.47. The minimum absolute atomic E-state index is 0.166. The van der Waals surface area contributed by atoms with Crippen LogP contribution >= 0.6 is 11.6 Å². The lowest BCUT2D eigenvalue weighted by Gasteiger charge is -2.10. The molecule has 0 saturated heterocycles. The summed E-state index contributed by atoms with van der Waals surface area (Å²) in [6.45, 7) is 2.90. The molecule has 1 heterocycles. The van der Waals surface area contributed by atoms with Gasteiger partial charge in [0, 0.05) is 13.6 Å². The van der Waals surface area contributed by atoms with Gasteiger partial charge in [0.25, 0.3) is 0 Å². The molecule has 0 fully saturated rings. The van der Waals surface area contributed by atoms with Crippen molar-refractivity contribution in [3.8, 4) is 0 Å². The molecule has 0 aliphatic heterocycles. The Kier molecular flexibility index (Phi) is 3.89. The third-order valence-electron chi connectivity index (χ3n) is 2.87. The Morgan fingerprint density at radius 3 is 2.88 bits per heavy atom. The summed E-state index contributed by atoms with van der Waals surface area (Å²) < 4.78 is 2.06. The van der Waals surface area contributed by atoms with E-state index in [0.29, 0.717) is 0 Å². The molecule has 0 saturated carbocycles. The molecule has 1 aromatic carbocycles. The van der Waals surface area contributed by atoms with Gasteiger partial charge in [-0.1, -0.05) is 25.5 Å². The number of aromatic nitrogens is 2. The van der Waals surface area contributed by atoms with Crippen molar-refractivity contribution in [2.75, 3.05) is 11.9 Å². The van der Waals surface area contributed by atoms with Crippen LogP contribution in [0.4, 0.5) is 5.95 Å². The number of halogens is 1. The van der Waals surface area contributed by atoms with Crippen LogP contribution in [0.15, 0.2) is 24.3 Å². The fourth-order valence-electron chi connectivity index (χ4n) is 1.92. The highest BCUT2D eigenvalue weighted by Crippen LogP contribution is 2.18. The van der Waals surface area contributed by atoms with Crippen molar-refractivity contribution in [3.63, 3.8) is 0 Å². The van der Waals surface area contributed by atoms with Crippen LogP contribution in [0.25, 0.3) is 11.0 Å². The lowest BCUT2D eigenvalue weighted by Crippen LogP contribution is -2.16. The van der Waals surface area contributed by atoms with Crippen LogP contribution < -0.4 is 5.32 Å². The molecule has 1 aromatic heterocycles. The molecule has 1 N–H and O–H groups in total. The van der Waals surface area contributed by atoms with Gasteiger partial charge >= 0.3 is 0 Å². The Balaban J connectivity index is 2.11. The van der Waals surface area contributed by atoms with Crippen LogP contribution in [0.3, 0.4) is 0 Å². The van der Waals surface area contributed by atoms with E-state index in [9.17, 15) is 0 Å². The van der Waals surface area contributed by atoms with Crippen molar-refractivity contribution in [2.24, 2.45) is 7.05 Å². The zero-order valence-corrected chi connectivity index (χ0v) is 11.0. The molecule has 1 atom stereocenters. The molecule has 0 aliphatic carbocycles. The van der Waals surface area contributed by atoms with E-state index in [-0.39, 0.29) is 5.38 Å². The van der Waals surface area contributed by atoms with Gasteiger partial charge in [-0.3, -0.25) is 0 Å². The van der Waals surface area contributed by atoms with Gasteiger partial charge in [0.1, 0.15) is 0 Å². The predicted molar refractivity (Wildman–Crippen MR) is 73.8 cm³/mol. The van der Waals surface area contributed by atoms with Crippen LogP contribution in [0, 0.1) is 0 Å². The van der Waals surface area contributed by atoms with Gasteiger partial charge in [0.15, 0.2) is 0 Å². The number of imidazole rings is 1. The molecule has 2 rings (SSSR count). The minimum atomic E-state index is 0.166. The van der Waals surface area contributed by atoms with Gasteiger partial charge in [0.2, 0.25) is 5.95 Å². The Labute approximate surface area is 107 Å². The number of hydrogen-bond donors (Lipinski definition) is 1. The van der Waals surface area contributed by atoms with Crippen LogP contribution in [-0.4, -0.2) is 21.5 Å². The lowest BCUT2D eigenvalue weighted by atomic mass is 10.2. The number of nitrogens with one attached hydrogen (secondary N) is 1. The van der Waals surface area contributed by atoms with E-state index >= 15 is 0 Å². The maximum atomic E-state index is 6.18. The van der Waals surface area contributed by atoms with E-state index in [1.807, 2.05) is 25.2 Å². The molecule has 4 heteroatoms. The van der Waals surface area contributed by atoms with Crippen molar-refractivity contribution < 1.29 is 0 Å². The molecule has 3 nitrogen and oxygen atoms in total. The summed E-state index contributed by atoms with van der Waals surface area (Å²) in [6.07, 6.45) is 2.14. The topological polar surface area (TPSA) is 29.9 Å². The first-order valence-corrected chi connectivity index (χ1v) is 6.45. The highest BCUT2D eigenvalue weighted by molar-refractivity contribution is 6.20. The molecule has 17 heavy (non-hydrogen) atoms. The second-order valence-electron chi connectivity index (χ2n) is 4.25. The van der Waals surface area contributed by atoms with E-state index in [4.69, 9.17) is 11.6 Å². The van der Waals surface area contributed by atoms with Gasteiger partial charge in [-0.2, -0.15) is 0 Å². The first-order chi connectivity index (χ1) is 8.22. The number of fused-ring (bicyclic) bond motifs is 1. The average molecular weight is 252 g/mol. The summed E-state index contributed by atoms with van der Waals surface area (Å²) >= 11 is 6.18. The minimum Gasteiger partial charge on any atom is -0.354 e. The number of hydrogen-bond acceptors (Lipinski definition) is 2. The molecule has 0 amide bonds. The number of para-hydroxylation sites is 2. The summed E-state index contributed by atoms with van der Waals surface area (Å²) in [5.41, 5.74) is 2.15. The number of aryl methyl sites for hydroxylation is 1. The second-order valence-corrected chi connectivity index (χ2v) is 4.87. The Morgan fingerprint density at radius 1 is 1.41 bits per heavy atom. The quantitative estimate of drug-likeness (QED) is 0.826. The van der Waals surface area contributed by atoms with Gasteiger partial charge in [-0.25, -0.2) is 4.98 Å². The first-order valence-electron chi connectivity index (χ1n) is 6.01. The molecule has 92 valence electrons. The summed E-state index contributed by atoms with van der Waals surface area (Å²) in [6, 6.07) is 8.11. The van der Waals surface area contributed by atoms with Gasteiger partial charge in [-0.15, -0.1) is 11.6 Å². The normalized spacial score (nSPS) is 12.9. The van der Waals surface area contributed by atoms with E-state index in [1.54, 1.807) is 0 Å². The fourth-order valence-corrected chi connectivity index (χ4v) is 2.22. The number of alkyl halides is 1. The van der Waals surface area contributed by atoms with E-state index in [2.05, 4.69) is 27.9 Å². The lowest BCUT2D eigenvalue weighted by molar-refractivity contribution is 0.745. The predicted octanol–water partition coefficient (Wildman–Crippen LogP) is 3.39. The number of nitrogens with zero attached hydrogens (tertiary/aromatic N) is 2. The summed E-state index contributed by atoms with van der Waals surface area (Å²) in [4.78, 5) is 4.54. The van der Waals surface area contributed by atoms with Crippen LogP contribution in [0.2, 0.25) is 0 Å². The van der Waals surface area contributed by atoms with E-state index < -0.39 is 0 Å². The molecule has 0 aliphatic rings. The molecule has 2 aromatic rings. The zero-order valence-electron chi connectivity index (χ0n) is 10.3. The van der Waals surface area contributed by atoms with Gasteiger partial charge < -0.3 is 9.88 Å². The van der Waals surface area contributed by atoms with Gasteiger partial charge in [-0.05, 0) is 18.6 Å². The van der Waals surface area contributed by atoms with Crippen molar-refractivity contribution in [3.05, 3.63) is 24.3 Å². The zero-order chi connectivity index (χ0) is 12.3. The van der Waals surface area contributed by atoms with Crippen LogP contribution in [0.5, 0.6) is 0 Å². The number of benzene rings is 1. The average Bonchev–Trinajstić information content (AvgIpc) is 2.65. The third kappa shape index (κ3) is 2.72. The maximum absolute atomic E-state index is 6.18. The largest absolute Gasteiger partial charge is 0.354 e. The SMILES string of the molecule is CCCC(Cl)CNc1nc2ccccc2n1C. The van der Waals surface area contributed by atoms with Crippen molar-refractivity contribution in [2.45, 2.75) is 25.1 Å². The fraction of sp³-hybridized carbons (Fsp3) is 0.462. The summed E-state index contributed by atoms with van der Waals surface area (Å²) in [7, 11) is 2.01. The molecule has 0 radical (unpaired) electrons. The third-order valence-corrected chi connectivity index (χ3v) is 3.24. The summed E-state index contributed by atoms with van der Waals surface area (Å²) in [5.74, 6) is 0.882. The second kappa shape index (κ2) is 5.41. The molecular formula is C13H18ClN3. The molecule has 0 bridgehead atoms. The van der Waals surface area contributed by atoms with Crippen LogP contribution in [0.1, 0.15) is 19.8 Å². The van der Waals surface area contributed by atoms with Crippen molar-refractivity contribution in [1.82, 2.24) is 9.55 Å². The first kappa shape index (κ1) is 12.2. The smallest absolute Gasteiger partial charge is 0.203 e. The Hall–Kier alpha value is -1.22.